The average molecular weight is 419 g/mol. The minimum Gasteiger partial charge on any atom is -0.465 e. The van der Waals surface area contributed by atoms with Gasteiger partial charge >= 0.3 is 5.97 Å². The maximum absolute atomic E-state index is 11.9. The molecule has 1 saturated heterocycles. The summed E-state index contributed by atoms with van der Waals surface area (Å²) >= 11 is 0. The Morgan fingerprint density at radius 1 is 1.23 bits per heavy atom. The Bertz CT molecular complexity index is 1150. The largest absolute Gasteiger partial charge is 0.465 e. The van der Waals surface area contributed by atoms with Gasteiger partial charge in [0.05, 0.1) is 26.0 Å². The van der Waals surface area contributed by atoms with Gasteiger partial charge in [0, 0.05) is 19.2 Å². The van der Waals surface area contributed by atoms with Gasteiger partial charge in [-0.1, -0.05) is 18.2 Å². The van der Waals surface area contributed by atoms with Crippen molar-refractivity contribution in [3.63, 3.8) is 0 Å². The molecule has 0 unspecified atom stereocenters. The summed E-state index contributed by atoms with van der Waals surface area (Å²) < 4.78 is 17.7. The molecule has 0 saturated carbocycles. The number of aryl methyl sites for hydroxylation is 1. The first kappa shape index (κ1) is 20.4. The number of methoxy groups -OCH3 is 1. The molecule has 0 bridgehead atoms. The number of furan rings is 1. The SMILES string of the molecule is COC(=O)c1cc(/C=C(\C#N)c2nnc(N3CCOCC3)n2-c2ccccc2)oc1C. The number of hydrogen-bond donors (Lipinski definition) is 0. The van der Waals surface area contributed by atoms with Gasteiger partial charge in [-0.05, 0) is 25.1 Å². The number of morpholine rings is 1. The first-order valence-corrected chi connectivity index (χ1v) is 9.77. The first-order valence-electron chi connectivity index (χ1n) is 9.77. The lowest BCUT2D eigenvalue weighted by atomic mass is 10.2. The summed E-state index contributed by atoms with van der Waals surface area (Å²) in [4.78, 5) is 14.0. The van der Waals surface area contributed by atoms with Gasteiger partial charge in [-0.2, -0.15) is 5.26 Å². The van der Waals surface area contributed by atoms with Crippen molar-refractivity contribution in [2.45, 2.75) is 6.92 Å². The third-order valence-corrected chi connectivity index (χ3v) is 4.94. The van der Waals surface area contributed by atoms with Crippen molar-refractivity contribution in [3.05, 3.63) is 59.3 Å². The number of carbonyl (C=O) groups is 1. The maximum atomic E-state index is 11.9. The van der Waals surface area contributed by atoms with Crippen LogP contribution >= 0.6 is 0 Å². The number of nitriles is 1. The number of allylic oxidation sites excluding steroid dienone is 1. The van der Waals surface area contributed by atoms with Crippen LogP contribution in [-0.2, 0) is 9.47 Å². The molecule has 9 nitrogen and oxygen atoms in total. The second-order valence-corrected chi connectivity index (χ2v) is 6.87. The van der Waals surface area contributed by atoms with Gasteiger partial charge in [0.2, 0.25) is 5.95 Å². The van der Waals surface area contributed by atoms with E-state index in [1.54, 1.807) is 19.1 Å². The summed E-state index contributed by atoms with van der Waals surface area (Å²) in [5, 5.41) is 18.6. The number of aromatic nitrogens is 3. The van der Waals surface area contributed by atoms with Crippen LogP contribution in [0.4, 0.5) is 5.95 Å². The zero-order valence-corrected chi connectivity index (χ0v) is 17.2. The van der Waals surface area contributed by atoms with Gasteiger partial charge in [-0.3, -0.25) is 4.57 Å². The Hall–Kier alpha value is -3.90. The second kappa shape index (κ2) is 8.85. The van der Waals surface area contributed by atoms with E-state index in [-0.39, 0.29) is 5.57 Å². The van der Waals surface area contributed by atoms with Crippen molar-refractivity contribution in [3.8, 4) is 11.8 Å². The van der Waals surface area contributed by atoms with Crippen LogP contribution in [0.3, 0.4) is 0 Å². The molecule has 0 spiro atoms. The Kier molecular flexibility index (Phi) is 5.82. The molecule has 1 fully saturated rings. The fourth-order valence-electron chi connectivity index (χ4n) is 3.41. The average Bonchev–Trinajstić information content (AvgIpc) is 3.41. The molecule has 158 valence electrons. The molecular formula is C22H21N5O4. The van der Waals surface area contributed by atoms with Gasteiger partial charge in [0.15, 0.2) is 5.82 Å². The Morgan fingerprint density at radius 3 is 2.65 bits per heavy atom. The highest BCUT2D eigenvalue weighted by Gasteiger charge is 2.24. The van der Waals surface area contributed by atoms with E-state index >= 15 is 0 Å². The Morgan fingerprint density at radius 2 is 1.97 bits per heavy atom. The number of hydrogen-bond acceptors (Lipinski definition) is 8. The van der Waals surface area contributed by atoms with E-state index in [1.807, 2.05) is 34.9 Å². The fourth-order valence-corrected chi connectivity index (χ4v) is 3.41. The van der Waals surface area contributed by atoms with Crippen LogP contribution in [0, 0.1) is 18.3 Å². The molecular weight excluding hydrogens is 398 g/mol. The molecule has 0 N–H and O–H groups in total. The zero-order chi connectivity index (χ0) is 21.8. The van der Waals surface area contributed by atoms with Crippen molar-refractivity contribution in [1.82, 2.24) is 14.8 Å². The molecule has 3 aromatic rings. The lowest BCUT2D eigenvalue weighted by Gasteiger charge is -2.28. The molecule has 0 aliphatic carbocycles. The molecule has 0 radical (unpaired) electrons. The Balaban J connectivity index is 1.81. The molecule has 4 rings (SSSR count). The van der Waals surface area contributed by atoms with E-state index in [9.17, 15) is 10.1 Å². The molecule has 3 heterocycles. The fraction of sp³-hybridized carbons (Fsp3) is 0.273. The number of benzene rings is 1. The molecule has 1 aliphatic rings. The number of rotatable bonds is 5. The molecule has 0 amide bonds. The van der Waals surface area contributed by atoms with E-state index < -0.39 is 5.97 Å². The maximum Gasteiger partial charge on any atom is 0.341 e. The normalized spacial score (nSPS) is 14.4. The summed E-state index contributed by atoms with van der Waals surface area (Å²) in [6.45, 7) is 4.21. The lowest BCUT2D eigenvalue weighted by Crippen LogP contribution is -2.38. The molecule has 9 heteroatoms. The van der Waals surface area contributed by atoms with Crippen molar-refractivity contribution in [1.29, 1.82) is 5.26 Å². The summed E-state index contributed by atoms with van der Waals surface area (Å²) in [5.74, 6) is 1.28. The minimum atomic E-state index is -0.499. The number of esters is 1. The summed E-state index contributed by atoms with van der Waals surface area (Å²) in [6, 6.07) is 13.3. The molecule has 0 atom stereocenters. The smallest absolute Gasteiger partial charge is 0.341 e. The van der Waals surface area contributed by atoms with E-state index in [4.69, 9.17) is 13.9 Å². The number of para-hydroxylation sites is 1. The van der Waals surface area contributed by atoms with Gasteiger partial charge in [-0.25, -0.2) is 4.79 Å². The van der Waals surface area contributed by atoms with E-state index in [2.05, 4.69) is 21.2 Å². The van der Waals surface area contributed by atoms with E-state index in [1.165, 1.54) is 7.11 Å². The van der Waals surface area contributed by atoms with Crippen LogP contribution in [0.5, 0.6) is 0 Å². The van der Waals surface area contributed by atoms with Crippen LogP contribution in [0.25, 0.3) is 17.3 Å². The van der Waals surface area contributed by atoms with Gasteiger partial charge in [0.1, 0.15) is 28.7 Å². The summed E-state index contributed by atoms with van der Waals surface area (Å²) in [6.07, 6.45) is 1.55. The highest BCUT2D eigenvalue weighted by molar-refractivity contribution is 5.93. The van der Waals surface area contributed by atoms with Crippen LogP contribution < -0.4 is 4.90 Å². The number of ether oxygens (including phenoxy) is 2. The molecule has 2 aromatic heterocycles. The van der Waals surface area contributed by atoms with Gasteiger partial charge < -0.3 is 18.8 Å². The third-order valence-electron chi connectivity index (χ3n) is 4.94. The van der Waals surface area contributed by atoms with Crippen molar-refractivity contribution in [2.24, 2.45) is 0 Å². The first-order chi connectivity index (χ1) is 15.1. The highest BCUT2D eigenvalue weighted by atomic mass is 16.5. The van der Waals surface area contributed by atoms with E-state index in [0.29, 0.717) is 55.2 Å². The molecule has 1 aliphatic heterocycles. The monoisotopic (exact) mass is 419 g/mol. The quantitative estimate of drug-likeness (QED) is 0.459. The third kappa shape index (κ3) is 4.06. The predicted octanol–water partition coefficient (Wildman–Crippen LogP) is 2.86. The Labute approximate surface area is 179 Å². The van der Waals surface area contributed by atoms with Crippen molar-refractivity contribution in [2.75, 3.05) is 38.3 Å². The minimum absolute atomic E-state index is 0.251. The summed E-state index contributed by atoms with van der Waals surface area (Å²) in [5.41, 5.74) is 1.39. The number of anilines is 1. The van der Waals surface area contributed by atoms with E-state index in [0.717, 1.165) is 5.69 Å². The molecule has 1 aromatic carbocycles. The second-order valence-electron chi connectivity index (χ2n) is 6.87. The van der Waals surface area contributed by atoms with Gasteiger partial charge in [0.25, 0.3) is 0 Å². The summed E-state index contributed by atoms with van der Waals surface area (Å²) in [7, 11) is 1.31. The van der Waals surface area contributed by atoms with Crippen LogP contribution in [0.15, 0.2) is 40.8 Å². The van der Waals surface area contributed by atoms with Crippen molar-refractivity contribution < 1.29 is 18.7 Å². The predicted molar refractivity (Wildman–Crippen MR) is 113 cm³/mol. The van der Waals surface area contributed by atoms with Gasteiger partial charge in [-0.15, -0.1) is 10.2 Å². The number of carbonyl (C=O) groups excluding carboxylic acids is 1. The topological polar surface area (TPSA) is 106 Å². The standard InChI is InChI=1S/C22H21N5O4/c1-15-19(21(28)29-2)13-18(31-15)12-16(14-23)20-24-25-22(26-8-10-30-11-9-26)27(20)17-6-4-3-5-7-17/h3-7,12-13H,8-11H2,1-2H3/b16-12+. The number of nitrogens with zero attached hydrogens (tertiary/aromatic N) is 5. The van der Waals surface area contributed by atoms with Crippen LogP contribution in [0.2, 0.25) is 0 Å². The van der Waals surface area contributed by atoms with Crippen LogP contribution in [-0.4, -0.2) is 54.1 Å². The van der Waals surface area contributed by atoms with Crippen LogP contribution in [0.1, 0.15) is 27.7 Å². The van der Waals surface area contributed by atoms with Crippen molar-refractivity contribution >= 4 is 23.6 Å². The highest BCUT2D eigenvalue weighted by Crippen LogP contribution is 2.27. The lowest BCUT2D eigenvalue weighted by molar-refractivity contribution is 0.0599. The molecule has 31 heavy (non-hydrogen) atoms. The zero-order valence-electron chi connectivity index (χ0n) is 17.2.